The fourth-order valence-electron chi connectivity index (χ4n) is 3.19. The number of amides is 3. The third-order valence-electron chi connectivity index (χ3n) is 5.52. The van der Waals surface area contributed by atoms with Crippen LogP contribution in [0.15, 0.2) is 0 Å². The van der Waals surface area contributed by atoms with Crippen molar-refractivity contribution in [2.45, 2.75) is 90.8 Å². The molecule has 0 rings (SSSR count). The third-order valence-corrected chi connectivity index (χ3v) is 5.99. The standard InChI is InChI=1S/C23H44N3O10P/c1-4-5-6-7-8-9-10-17(27)15-18(28)21(31)26-14-13-24-19(29)11-12-25-22(32)20(30)23(2,3)16-36-37(33,34)35/h18,20,28,30H,4-16H2,1-3H3,(H,24,29)(H,25,32)(H,26,31)(H2,33,34,35)/t18-,20+/m1/s1. The van der Waals surface area contributed by atoms with Gasteiger partial charge in [0.05, 0.1) is 6.61 Å². The van der Waals surface area contributed by atoms with Gasteiger partial charge in [-0.25, -0.2) is 4.57 Å². The van der Waals surface area contributed by atoms with E-state index >= 15 is 0 Å². The van der Waals surface area contributed by atoms with Crippen molar-refractivity contribution >= 4 is 31.3 Å². The molecular formula is C23H44N3O10P. The molecule has 0 aliphatic carbocycles. The number of hydrogen-bond donors (Lipinski definition) is 7. The first-order chi connectivity index (χ1) is 17.2. The van der Waals surface area contributed by atoms with Crippen LogP contribution in [0.3, 0.4) is 0 Å². The van der Waals surface area contributed by atoms with Crippen LogP contribution in [-0.2, 0) is 28.3 Å². The third kappa shape index (κ3) is 18.1. The number of aliphatic hydroxyl groups is 2. The number of unbranched alkanes of at least 4 members (excludes halogenated alkanes) is 5. The van der Waals surface area contributed by atoms with Gasteiger partial charge in [0.15, 0.2) is 0 Å². The van der Waals surface area contributed by atoms with Crippen molar-refractivity contribution in [1.82, 2.24) is 16.0 Å². The summed E-state index contributed by atoms with van der Waals surface area (Å²) >= 11 is 0. The molecule has 0 aromatic carbocycles. The first kappa shape index (κ1) is 35.1. The maximum absolute atomic E-state index is 12.0. The minimum Gasteiger partial charge on any atom is -0.383 e. The monoisotopic (exact) mass is 553 g/mol. The highest BCUT2D eigenvalue weighted by Crippen LogP contribution is 2.38. The van der Waals surface area contributed by atoms with E-state index in [1.807, 2.05) is 0 Å². The van der Waals surface area contributed by atoms with E-state index in [1.54, 1.807) is 0 Å². The van der Waals surface area contributed by atoms with Gasteiger partial charge in [-0.2, -0.15) is 0 Å². The first-order valence-corrected chi connectivity index (χ1v) is 14.1. The Morgan fingerprint density at radius 1 is 0.838 bits per heavy atom. The Morgan fingerprint density at radius 3 is 2.03 bits per heavy atom. The number of phosphoric ester groups is 1. The summed E-state index contributed by atoms with van der Waals surface area (Å²) in [5.41, 5.74) is -1.30. The van der Waals surface area contributed by atoms with Gasteiger partial charge in [-0.05, 0) is 6.42 Å². The minimum absolute atomic E-state index is 0.0338. The molecule has 0 aliphatic heterocycles. The summed E-state index contributed by atoms with van der Waals surface area (Å²) in [7, 11) is -4.76. The van der Waals surface area contributed by atoms with Crippen molar-refractivity contribution in [2.75, 3.05) is 26.2 Å². The van der Waals surface area contributed by atoms with Crippen molar-refractivity contribution in [3.63, 3.8) is 0 Å². The average molecular weight is 554 g/mol. The van der Waals surface area contributed by atoms with Crippen LogP contribution in [0.1, 0.15) is 78.6 Å². The molecule has 7 N–H and O–H groups in total. The second-order valence-electron chi connectivity index (χ2n) is 9.61. The Balaban J connectivity index is 4.04. The minimum atomic E-state index is -4.76. The van der Waals surface area contributed by atoms with Crippen LogP contribution in [0.25, 0.3) is 0 Å². The van der Waals surface area contributed by atoms with Gasteiger partial charge in [0.1, 0.15) is 18.0 Å². The zero-order valence-electron chi connectivity index (χ0n) is 22.0. The molecule has 0 saturated carbocycles. The molecule has 14 heteroatoms. The zero-order chi connectivity index (χ0) is 28.5. The van der Waals surface area contributed by atoms with Crippen LogP contribution in [0.2, 0.25) is 0 Å². The lowest BCUT2D eigenvalue weighted by Gasteiger charge is -2.29. The summed E-state index contributed by atoms with van der Waals surface area (Å²) in [6.45, 7) is 4.32. The van der Waals surface area contributed by atoms with Gasteiger partial charge in [-0.1, -0.05) is 52.9 Å². The number of carbonyl (C=O) groups is 4. The van der Waals surface area contributed by atoms with E-state index in [0.717, 1.165) is 32.1 Å². The SMILES string of the molecule is CCCCCCCCC(=O)C[C@@H](O)C(=O)NCCNC(=O)CCNC(=O)[C@H](O)C(C)(C)COP(=O)(O)O. The Morgan fingerprint density at radius 2 is 1.41 bits per heavy atom. The second-order valence-corrected chi connectivity index (χ2v) is 10.9. The molecule has 0 spiro atoms. The van der Waals surface area contributed by atoms with Crippen molar-refractivity contribution < 1.29 is 48.3 Å². The van der Waals surface area contributed by atoms with Gasteiger partial charge in [0, 0.05) is 44.3 Å². The normalized spacial score (nSPS) is 13.5. The Hall–Kier alpha value is -1.89. The van der Waals surface area contributed by atoms with Crippen molar-refractivity contribution in [3.05, 3.63) is 0 Å². The fraction of sp³-hybridized carbons (Fsp3) is 0.826. The Labute approximate surface area is 218 Å². The molecule has 3 amide bonds. The highest BCUT2D eigenvalue weighted by molar-refractivity contribution is 7.46. The molecule has 216 valence electrons. The number of Topliss-reactive ketones (excluding diaryl/α,β-unsaturated/α-hetero) is 1. The number of aliphatic hydroxyl groups excluding tert-OH is 2. The molecule has 37 heavy (non-hydrogen) atoms. The van der Waals surface area contributed by atoms with Crippen molar-refractivity contribution in [3.8, 4) is 0 Å². The molecule has 2 atom stereocenters. The number of rotatable bonds is 21. The molecular weight excluding hydrogens is 509 g/mol. The molecule has 0 aromatic heterocycles. The summed E-state index contributed by atoms with van der Waals surface area (Å²) < 4.78 is 15.1. The summed E-state index contributed by atoms with van der Waals surface area (Å²) in [6, 6.07) is 0. The summed E-state index contributed by atoms with van der Waals surface area (Å²) in [5.74, 6) is -2.14. The largest absolute Gasteiger partial charge is 0.469 e. The molecule has 13 nitrogen and oxygen atoms in total. The highest BCUT2D eigenvalue weighted by atomic mass is 31.2. The highest BCUT2D eigenvalue weighted by Gasteiger charge is 2.35. The van der Waals surface area contributed by atoms with Crippen LogP contribution in [0.4, 0.5) is 0 Å². The topological polar surface area (TPSA) is 212 Å². The summed E-state index contributed by atoms with van der Waals surface area (Å²) in [5, 5.41) is 27.3. The number of nitrogens with one attached hydrogen (secondary N) is 3. The average Bonchev–Trinajstić information content (AvgIpc) is 2.81. The summed E-state index contributed by atoms with van der Waals surface area (Å²) in [4.78, 5) is 65.2. The van der Waals surface area contributed by atoms with Gasteiger partial charge >= 0.3 is 7.82 Å². The van der Waals surface area contributed by atoms with Crippen LogP contribution in [-0.4, -0.2) is 82.0 Å². The molecule has 0 aliphatic rings. The van der Waals surface area contributed by atoms with E-state index < -0.39 is 49.8 Å². The lowest BCUT2D eigenvalue weighted by atomic mass is 9.87. The van der Waals surface area contributed by atoms with E-state index in [4.69, 9.17) is 9.79 Å². The molecule has 0 unspecified atom stereocenters. The van der Waals surface area contributed by atoms with Crippen molar-refractivity contribution in [1.29, 1.82) is 0 Å². The predicted octanol–water partition coefficient (Wildman–Crippen LogP) is 0.292. The van der Waals surface area contributed by atoms with E-state index in [9.17, 15) is 34.0 Å². The van der Waals surface area contributed by atoms with E-state index in [1.165, 1.54) is 20.3 Å². The van der Waals surface area contributed by atoms with Gasteiger partial charge in [-0.3, -0.25) is 23.7 Å². The number of carbonyl (C=O) groups excluding carboxylic acids is 4. The van der Waals surface area contributed by atoms with Crippen LogP contribution in [0.5, 0.6) is 0 Å². The van der Waals surface area contributed by atoms with E-state index in [2.05, 4.69) is 27.4 Å². The van der Waals surface area contributed by atoms with Gasteiger partial charge in [0.25, 0.3) is 0 Å². The van der Waals surface area contributed by atoms with Gasteiger partial charge in [0.2, 0.25) is 17.7 Å². The lowest BCUT2D eigenvalue weighted by Crippen LogP contribution is -2.46. The molecule has 0 saturated heterocycles. The maximum Gasteiger partial charge on any atom is 0.469 e. The van der Waals surface area contributed by atoms with Crippen LogP contribution in [0, 0.1) is 5.41 Å². The zero-order valence-corrected chi connectivity index (χ0v) is 22.9. The van der Waals surface area contributed by atoms with E-state index in [0.29, 0.717) is 6.42 Å². The molecule has 0 heterocycles. The molecule has 0 aromatic rings. The molecule has 0 fully saturated rings. The van der Waals surface area contributed by atoms with Gasteiger partial charge in [-0.15, -0.1) is 0 Å². The fourth-order valence-corrected chi connectivity index (χ4v) is 3.69. The number of hydrogen-bond acceptors (Lipinski definition) is 8. The predicted molar refractivity (Wildman–Crippen MR) is 135 cm³/mol. The van der Waals surface area contributed by atoms with Crippen LogP contribution >= 0.6 is 7.82 Å². The maximum atomic E-state index is 12.0. The Bertz CT molecular complexity index is 772. The smallest absolute Gasteiger partial charge is 0.383 e. The molecule has 0 radical (unpaired) electrons. The number of ketones is 1. The van der Waals surface area contributed by atoms with Gasteiger partial charge < -0.3 is 36.0 Å². The molecule has 0 bridgehead atoms. The first-order valence-electron chi connectivity index (χ1n) is 12.6. The van der Waals surface area contributed by atoms with Crippen molar-refractivity contribution in [2.24, 2.45) is 5.41 Å². The quantitative estimate of drug-likeness (QED) is 0.0762. The Kier molecular flexibility index (Phi) is 17.4. The van der Waals surface area contributed by atoms with E-state index in [-0.39, 0.29) is 38.3 Å². The number of phosphoric acid groups is 1. The van der Waals surface area contributed by atoms with Crippen LogP contribution < -0.4 is 16.0 Å². The summed E-state index contributed by atoms with van der Waals surface area (Å²) in [6.07, 6.45) is 3.10. The second kappa shape index (κ2) is 18.4. The lowest BCUT2D eigenvalue weighted by molar-refractivity contribution is -0.137.